The third-order valence-corrected chi connectivity index (χ3v) is 4.04. The first-order valence-electron chi connectivity index (χ1n) is 9.11. The van der Waals surface area contributed by atoms with Gasteiger partial charge in [0.2, 0.25) is 5.91 Å². The van der Waals surface area contributed by atoms with Crippen LogP contribution >= 0.6 is 0 Å². The van der Waals surface area contributed by atoms with E-state index in [1.54, 1.807) is 48.5 Å². The molecule has 0 bridgehead atoms. The number of aromatic nitrogens is 2. The molecular weight excluding hydrogens is 372 g/mol. The zero-order valence-corrected chi connectivity index (χ0v) is 16.4. The Morgan fingerprint density at radius 1 is 1.07 bits per heavy atom. The molecule has 0 radical (unpaired) electrons. The highest BCUT2D eigenvalue weighted by Gasteiger charge is 2.18. The number of benzene rings is 2. The highest BCUT2D eigenvalue weighted by molar-refractivity contribution is 6.08. The number of carbonyl (C=O) groups is 2. The van der Waals surface area contributed by atoms with Crippen LogP contribution in [0.4, 0.5) is 11.4 Å². The third kappa shape index (κ3) is 5.05. The molecule has 3 rings (SSSR count). The lowest BCUT2D eigenvalue weighted by Gasteiger charge is -2.10. The van der Waals surface area contributed by atoms with Gasteiger partial charge in [-0.25, -0.2) is 0 Å². The zero-order chi connectivity index (χ0) is 20.8. The molecular formula is C21H22N4O4. The van der Waals surface area contributed by atoms with Crippen LogP contribution in [0.3, 0.4) is 0 Å². The fraction of sp³-hybridized carbons (Fsp3) is 0.238. The number of hydrogen-bond acceptors (Lipinski definition) is 6. The quantitative estimate of drug-likeness (QED) is 0.633. The average molecular weight is 394 g/mol. The van der Waals surface area contributed by atoms with Crippen LogP contribution in [0.2, 0.25) is 0 Å². The predicted molar refractivity (Wildman–Crippen MR) is 109 cm³/mol. The first-order valence-corrected chi connectivity index (χ1v) is 9.11. The molecule has 0 atom stereocenters. The van der Waals surface area contributed by atoms with Crippen LogP contribution in [-0.2, 0) is 9.53 Å². The van der Waals surface area contributed by atoms with E-state index in [1.165, 1.54) is 7.11 Å². The number of nitrogens with one attached hydrogen (secondary N) is 2. The van der Waals surface area contributed by atoms with Crippen LogP contribution in [0.15, 0.2) is 53.1 Å². The van der Waals surface area contributed by atoms with Crippen LogP contribution in [-0.4, -0.2) is 35.7 Å². The van der Waals surface area contributed by atoms with Gasteiger partial charge in [0.1, 0.15) is 6.61 Å². The Balaban J connectivity index is 1.80. The number of nitrogens with zero attached hydrogens (tertiary/aromatic N) is 2. The van der Waals surface area contributed by atoms with Crippen molar-refractivity contribution in [1.29, 1.82) is 0 Å². The van der Waals surface area contributed by atoms with Crippen molar-refractivity contribution in [2.24, 2.45) is 0 Å². The standard InChI is InChI=1S/C21H22N4O4/c1-13(2)19-24-21(29-25-19)17-10-5-4-9-16(17)20(27)23-15-8-6-7-14(11-15)22-18(26)12-28-3/h4-11,13H,12H2,1-3H3,(H,22,26)(H,23,27). The van der Waals surface area contributed by atoms with E-state index in [4.69, 9.17) is 9.26 Å². The molecule has 8 heteroatoms. The van der Waals surface area contributed by atoms with Crippen molar-refractivity contribution < 1.29 is 18.8 Å². The summed E-state index contributed by atoms with van der Waals surface area (Å²) in [6, 6.07) is 13.9. The lowest BCUT2D eigenvalue weighted by atomic mass is 10.1. The van der Waals surface area contributed by atoms with Crippen molar-refractivity contribution in [2.45, 2.75) is 19.8 Å². The van der Waals surface area contributed by atoms with Gasteiger partial charge < -0.3 is 19.9 Å². The van der Waals surface area contributed by atoms with Crippen LogP contribution < -0.4 is 10.6 Å². The summed E-state index contributed by atoms with van der Waals surface area (Å²) in [6.45, 7) is 3.88. The summed E-state index contributed by atoms with van der Waals surface area (Å²) in [4.78, 5) is 28.9. The van der Waals surface area contributed by atoms with Gasteiger partial charge in [-0.1, -0.05) is 37.2 Å². The molecule has 29 heavy (non-hydrogen) atoms. The number of amides is 2. The van der Waals surface area contributed by atoms with Crippen molar-refractivity contribution >= 4 is 23.2 Å². The molecule has 8 nitrogen and oxygen atoms in total. The van der Waals surface area contributed by atoms with Crippen LogP contribution in [0.5, 0.6) is 0 Å². The zero-order valence-electron chi connectivity index (χ0n) is 16.4. The Hall–Kier alpha value is -3.52. The molecule has 0 aliphatic heterocycles. The molecule has 2 aromatic carbocycles. The van der Waals surface area contributed by atoms with Crippen molar-refractivity contribution in [2.75, 3.05) is 24.4 Å². The molecule has 2 N–H and O–H groups in total. The maximum Gasteiger partial charge on any atom is 0.258 e. The minimum atomic E-state index is -0.328. The molecule has 3 aromatic rings. The van der Waals surface area contributed by atoms with E-state index in [0.717, 1.165) is 0 Å². The molecule has 150 valence electrons. The average Bonchev–Trinajstić information content (AvgIpc) is 3.19. The highest BCUT2D eigenvalue weighted by Crippen LogP contribution is 2.25. The molecule has 0 aliphatic carbocycles. The van der Waals surface area contributed by atoms with Gasteiger partial charge in [-0.3, -0.25) is 9.59 Å². The third-order valence-electron chi connectivity index (χ3n) is 4.04. The summed E-state index contributed by atoms with van der Waals surface area (Å²) in [5.74, 6) is 0.378. The van der Waals surface area contributed by atoms with Crippen molar-refractivity contribution in [3.63, 3.8) is 0 Å². The largest absolute Gasteiger partial charge is 0.375 e. The van der Waals surface area contributed by atoms with E-state index in [2.05, 4.69) is 20.8 Å². The lowest BCUT2D eigenvalue weighted by molar-refractivity contribution is -0.119. The van der Waals surface area contributed by atoms with Crippen molar-refractivity contribution in [1.82, 2.24) is 10.1 Å². The Bertz CT molecular complexity index is 1010. The summed E-state index contributed by atoms with van der Waals surface area (Å²) in [7, 11) is 1.45. The number of anilines is 2. The molecule has 2 amide bonds. The Morgan fingerprint density at radius 3 is 2.48 bits per heavy atom. The first kappa shape index (κ1) is 20.2. The normalized spacial score (nSPS) is 10.8. The molecule has 0 fully saturated rings. The Labute approximate surface area is 168 Å². The number of hydrogen-bond donors (Lipinski definition) is 2. The molecule has 1 heterocycles. The van der Waals surface area contributed by atoms with Gasteiger partial charge in [0, 0.05) is 24.4 Å². The van der Waals surface area contributed by atoms with Crippen LogP contribution in [0.25, 0.3) is 11.5 Å². The van der Waals surface area contributed by atoms with Crippen LogP contribution in [0, 0.1) is 0 Å². The van der Waals surface area contributed by atoms with Gasteiger partial charge in [0.15, 0.2) is 5.82 Å². The number of carbonyl (C=O) groups excluding carboxylic acids is 2. The topological polar surface area (TPSA) is 106 Å². The maximum absolute atomic E-state index is 12.9. The van der Waals surface area contributed by atoms with Crippen LogP contribution in [0.1, 0.15) is 35.9 Å². The summed E-state index contributed by atoms with van der Waals surface area (Å²) in [5.41, 5.74) is 2.04. The van der Waals surface area contributed by atoms with E-state index >= 15 is 0 Å². The smallest absolute Gasteiger partial charge is 0.258 e. The first-order chi connectivity index (χ1) is 14.0. The summed E-state index contributed by atoms with van der Waals surface area (Å²) >= 11 is 0. The van der Waals surface area contributed by atoms with E-state index in [-0.39, 0.29) is 24.3 Å². The number of methoxy groups -OCH3 is 1. The van der Waals surface area contributed by atoms with Gasteiger partial charge in [-0.2, -0.15) is 4.98 Å². The minimum Gasteiger partial charge on any atom is -0.375 e. The molecule has 0 saturated carbocycles. The molecule has 0 saturated heterocycles. The summed E-state index contributed by atoms with van der Waals surface area (Å²) < 4.78 is 10.1. The SMILES string of the molecule is COCC(=O)Nc1cccc(NC(=O)c2ccccc2-c2nc(C(C)C)no2)c1. The fourth-order valence-electron chi connectivity index (χ4n) is 2.65. The van der Waals surface area contributed by atoms with Crippen molar-refractivity contribution in [3.8, 4) is 11.5 Å². The van der Waals surface area contributed by atoms with Crippen molar-refractivity contribution in [3.05, 3.63) is 59.9 Å². The maximum atomic E-state index is 12.9. The van der Waals surface area contributed by atoms with E-state index < -0.39 is 0 Å². The fourth-order valence-corrected chi connectivity index (χ4v) is 2.65. The van der Waals surface area contributed by atoms with E-state index in [1.807, 2.05) is 13.8 Å². The summed E-state index contributed by atoms with van der Waals surface area (Å²) in [5, 5.41) is 9.49. The molecule has 0 unspecified atom stereocenters. The van der Waals surface area contributed by atoms with Gasteiger partial charge >= 0.3 is 0 Å². The molecule has 0 spiro atoms. The number of ether oxygens (including phenoxy) is 1. The van der Waals surface area contributed by atoms with Gasteiger partial charge in [-0.05, 0) is 30.3 Å². The van der Waals surface area contributed by atoms with E-state index in [0.29, 0.717) is 34.2 Å². The second-order valence-corrected chi connectivity index (χ2v) is 6.67. The predicted octanol–water partition coefficient (Wildman–Crippen LogP) is 3.70. The van der Waals surface area contributed by atoms with E-state index in [9.17, 15) is 9.59 Å². The highest BCUT2D eigenvalue weighted by atomic mass is 16.5. The Kier molecular flexibility index (Phi) is 6.36. The monoisotopic (exact) mass is 394 g/mol. The summed E-state index contributed by atoms with van der Waals surface area (Å²) in [6.07, 6.45) is 0. The minimum absolute atomic E-state index is 0.0491. The molecule has 0 aliphatic rings. The lowest BCUT2D eigenvalue weighted by Crippen LogP contribution is -2.17. The van der Waals surface area contributed by atoms with Gasteiger partial charge in [0.05, 0.1) is 11.1 Å². The number of rotatable bonds is 7. The molecule has 1 aromatic heterocycles. The Morgan fingerprint density at radius 2 is 1.79 bits per heavy atom. The van der Waals surface area contributed by atoms with Gasteiger partial charge in [0.25, 0.3) is 11.8 Å². The van der Waals surface area contributed by atoms with Gasteiger partial charge in [-0.15, -0.1) is 0 Å². The second kappa shape index (κ2) is 9.11. The second-order valence-electron chi connectivity index (χ2n) is 6.67.